The first-order chi connectivity index (χ1) is 9.81. The highest BCUT2D eigenvalue weighted by Gasteiger charge is 2.22. The number of hydrogen-bond donors (Lipinski definition) is 2. The maximum atomic E-state index is 12.2. The molecule has 3 rings (SSSR count). The van der Waals surface area contributed by atoms with Crippen LogP contribution < -0.4 is 10.6 Å². The van der Waals surface area contributed by atoms with Crippen molar-refractivity contribution in [3.05, 3.63) is 35.4 Å². The van der Waals surface area contributed by atoms with E-state index in [-0.39, 0.29) is 5.91 Å². The van der Waals surface area contributed by atoms with Gasteiger partial charge in [-0.2, -0.15) is 0 Å². The molecule has 1 aliphatic heterocycles. The van der Waals surface area contributed by atoms with Crippen LogP contribution in [-0.4, -0.2) is 25.0 Å². The highest BCUT2D eigenvalue weighted by atomic mass is 16.1. The molecule has 20 heavy (non-hydrogen) atoms. The molecule has 1 saturated heterocycles. The Kier molecular flexibility index (Phi) is 4.36. The van der Waals surface area contributed by atoms with E-state index < -0.39 is 0 Å². The molecule has 1 aromatic carbocycles. The number of aryl methyl sites for hydroxylation is 1. The van der Waals surface area contributed by atoms with E-state index in [4.69, 9.17) is 0 Å². The maximum Gasteiger partial charge on any atom is 0.220 e. The van der Waals surface area contributed by atoms with Gasteiger partial charge in [0.1, 0.15) is 0 Å². The third-order valence-electron chi connectivity index (χ3n) is 4.64. The Bertz CT molecular complexity index is 466. The first-order valence-electron chi connectivity index (χ1n) is 7.88. The minimum Gasteiger partial charge on any atom is -0.353 e. The minimum absolute atomic E-state index is 0.251. The lowest BCUT2D eigenvalue weighted by molar-refractivity contribution is -0.123. The number of hydrogen-bond acceptors (Lipinski definition) is 2. The van der Waals surface area contributed by atoms with Crippen molar-refractivity contribution < 1.29 is 4.79 Å². The van der Waals surface area contributed by atoms with Crippen LogP contribution in [0.5, 0.6) is 0 Å². The van der Waals surface area contributed by atoms with Gasteiger partial charge in [-0.25, -0.2) is 0 Å². The molecule has 1 unspecified atom stereocenters. The summed E-state index contributed by atoms with van der Waals surface area (Å²) in [5.41, 5.74) is 2.86. The second kappa shape index (κ2) is 6.40. The summed E-state index contributed by atoms with van der Waals surface area (Å²) in [7, 11) is 0. The normalized spacial score (nSPS) is 23.1. The zero-order chi connectivity index (χ0) is 13.8. The molecule has 2 aliphatic rings. The van der Waals surface area contributed by atoms with Crippen LogP contribution in [0.15, 0.2) is 24.3 Å². The summed E-state index contributed by atoms with van der Waals surface area (Å²) in [5, 5.41) is 6.60. The van der Waals surface area contributed by atoms with Gasteiger partial charge in [0.15, 0.2) is 0 Å². The Hall–Kier alpha value is -1.35. The molecule has 0 bridgehead atoms. The molecule has 0 spiro atoms. The van der Waals surface area contributed by atoms with Crippen molar-refractivity contribution >= 4 is 5.91 Å². The van der Waals surface area contributed by atoms with E-state index in [0.29, 0.717) is 18.4 Å². The summed E-state index contributed by atoms with van der Waals surface area (Å²) in [6, 6.07) is 8.94. The van der Waals surface area contributed by atoms with Crippen LogP contribution in [-0.2, 0) is 17.6 Å². The monoisotopic (exact) mass is 272 g/mol. The minimum atomic E-state index is 0.251. The van der Waals surface area contributed by atoms with Crippen LogP contribution in [0.4, 0.5) is 0 Å². The number of amides is 1. The molecule has 1 aliphatic carbocycles. The molecule has 0 radical (unpaired) electrons. The average molecular weight is 272 g/mol. The van der Waals surface area contributed by atoms with Gasteiger partial charge >= 0.3 is 0 Å². The summed E-state index contributed by atoms with van der Waals surface area (Å²) in [6.07, 6.45) is 6.15. The van der Waals surface area contributed by atoms with E-state index in [1.54, 1.807) is 0 Å². The molecule has 1 atom stereocenters. The molecule has 1 amide bonds. The molecule has 1 heterocycles. The van der Waals surface area contributed by atoms with Crippen molar-refractivity contribution in [2.45, 2.75) is 44.6 Å². The smallest absolute Gasteiger partial charge is 0.220 e. The van der Waals surface area contributed by atoms with E-state index in [2.05, 4.69) is 34.9 Å². The molecule has 108 valence electrons. The van der Waals surface area contributed by atoms with Crippen LogP contribution in [0.25, 0.3) is 0 Å². The molecular formula is C17H24N2O. The quantitative estimate of drug-likeness (QED) is 0.884. The van der Waals surface area contributed by atoms with E-state index in [1.165, 1.54) is 11.1 Å². The summed E-state index contributed by atoms with van der Waals surface area (Å²) < 4.78 is 0. The van der Waals surface area contributed by atoms with Crippen molar-refractivity contribution in [1.82, 2.24) is 10.6 Å². The number of nitrogens with one attached hydrogen (secondary N) is 2. The highest BCUT2D eigenvalue weighted by molar-refractivity contribution is 5.76. The Labute approximate surface area is 121 Å². The van der Waals surface area contributed by atoms with Gasteiger partial charge in [0, 0.05) is 12.5 Å². The van der Waals surface area contributed by atoms with Gasteiger partial charge in [0.2, 0.25) is 5.91 Å². The first-order valence-corrected chi connectivity index (χ1v) is 7.88. The van der Waals surface area contributed by atoms with E-state index in [1.807, 2.05) is 0 Å². The lowest BCUT2D eigenvalue weighted by Crippen LogP contribution is -2.40. The van der Waals surface area contributed by atoms with Crippen LogP contribution >= 0.6 is 0 Å². The number of carbonyl (C=O) groups is 1. The van der Waals surface area contributed by atoms with Gasteiger partial charge in [-0.05, 0) is 62.2 Å². The Balaban J connectivity index is 1.50. The van der Waals surface area contributed by atoms with Crippen molar-refractivity contribution in [2.24, 2.45) is 5.92 Å². The fourth-order valence-electron chi connectivity index (χ4n) is 3.46. The first kappa shape index (κ1) is 13.6. The summed E-state index contributed by atoms with van der Waals surface area (Å²) >= 11 is 0. The molecule has 1 fully saturated rings. The van der Waals surface area contributed by atoms with Crippen LogP contribution in [0.3, 0.4) is 0 Å². The number of carbonyl (C=O) groups excluding carboxylic acids is 1. The molecule has 3 heteroatoms. The van der Waals surface area contributed by atoms with Crippen LogP contribution in [0.1, 0.15) is 36.8 Å². The average Bonchev–Trinajstić information content (AvgIpc) is 2.48. The zero-order valence-corrected chi connectivity index (χ0v) is 12.0. The largest absolute Gasteiger partial charge is 0.353 e. The number of piperidine rings is 1. The summed E-state index contributed by atoms with van der Waals surface area (Å²) in [6.45, 7) is 2.13. The van der Waals surface area contributed by atoms with Gasteiger partial charge in [-0.3, -0.25) is 4.79 Å². The Morgan fingerprint density at radius 2 is 1.90 bits per heavy atom. The molecule has 3 nitrogen and oxygen atoms in total. The number of fused-ring (bicyclic) bond motifs is 1. The predicted molar refractivity (Wildman–Crippen MR) is 80.6 cm³/mol. The summed E-state index contributed by atoms with van der Waals surface area (Å²) in [5.74, 6) is 0.827. The van der Waals surface area contributed by atoms with E-state index in [0.717, 1.165) is 45.2 Å². The van der Waals surface area contributed by atoms with Gasteiger partial charge in [0.25, 0.3) is 0 Å². The van der Waals surface area contributed by atoms with Gasteiger partial charge in [0.05, 0.1) is 0 Å². The maximum absolute atomic E-state index is 12.2. The van der Waals surface area contributed by atoms with Crippen LogP contribution in [0.2, 0.25) is 0 Å². The van der Waals surface area contributed by atoms with Crippen molar-refractivity contribution in [3.63, 3.8) is 0 Å². The fourth-order valence-corrected chi connectivity index (χ4v) is 3.46. The molecule has 0 aromatic heterocycles. The SMILES string of the molecule is O=C(CC1CCNCC1)NC1CCc2ccccc2C1. The third-order valence-corrected chi connectivity index (χ3v) is 4.64. The molecular weight excluding hydrogens is 248 g/mol. The van der Waals surface area contributed by atoms with Crippen molar-refractivity contribution in [3.8, 4) is 0 Å². The highest BCUT2D eigenvalue weighted by Crippen LogP contribution is 2.22. The van der Waals surface area contributed by atoms with Crippen molar-refractivity contribution in [2.75, 3.05) is 13.1 Å². The Morgan fingerprint density at radius 1 is 1.15 bits per heavy atom. The van der Waals surface area contributed by atoms with Gasteiger partial charge in [-0.15, -0.1) is 0 Å². The number of benzene rings is 1. The molecule has 0 saturated carbocycles. The number of rotatable bonds is 3. The zero-order valence-electron chi connectivity index (χ0n) is 12.0. The third kappa shape index (κ3) is 3.40. The standard InChI is InChI=1S/C17H24N2O/c20-17(11-13-7-9-18-10-8-13)19-16-6-5-14-3-1-2-4-15(14)12-16/h1-4,13,16,18H,5-12H2,(H,19,20). The predicted octanol–water partition coefficient (Wildman–Crippen LogP) is 2.05. The summed E-state index contributed by atoms with van der Waals surface area (Å²) in [4.78, 5) is 12.2. The lowest BCUT2D eigenvalue weighted by Gasteiger charge is -2.27. The van der Waals surface area contributed by atoms with Crippen LogP contribution in [0, 0.1) is 5.92 Å². The van der Waals surface area contributed by atoms with Gasteiger partial charge in [-0.1, -0.05) is 24.3 Å². The van der Waals surface area contributed by atoms with Gasteiger partial charge < -0.3 is 10.6 Å². The second-order valence-electron chi connectivity index (χ2n) is 6.17. The second-order valence-corrected chi connectivity index (χ2v) is 6.17. The topological polar surface area (TPSA) is 41.1 Å². The molecule has 1 aromatic rings. The fraction of sp³-hybridized carbons (Fsp3) is 0.588. The molecule has 2 N–H and O–H groups in total. The Morgan fingerprint density at radius 3 is 2.70 bits per heavy atom. The van der Waals surface area contributed by atoms with E-state index in [9.17, 15) is 4.79 Å². The lowest BCUT2D eigenvalue weighted by atomic mass is 9.88. The van der Waals surface area contributed by atoms with E-state index >= 15 is 0 Å². The van der Waals surface area contributed by atoms with Crippen molar-refractivity contribution in [1.29, 1.82) is 0 Å².